The van der Waals surface area contributed by atoms with Crippen LogP contribution in [0, 0.1) is 12.3 Å². The first kappa shape index (κ1) is 21.1. The molecule has 2 atom stereocenters. The molecule has 6 N–H and O–H groups in total. The van der Waals surface area contributed by atoms with E-state index in [9.17, 15) is 13.6 Å². The standard InChI is InChI=1S/C21H28F2N8O/c1-11-12(3-4-14(25)26-11)16-15-17(29-28-16)27-19(30(2)18(15)32)31-7-5-20(6-8-31)10-21(22,23)9-13(20)24/h3-4,13,16,28-29H,5-10,24H2,1-2H3,(H2,25,26)/t13-,16?/m1/s1. The number of rotatable bonds is 2. The summed E-state index contributed by atoms with van der Waals surface area (Å²) in [7, 11) is 1.69. The predicted octanol–water partition coefficient (Wildman–Crippen LogP) is 1.43. The number of hydrogen-bond acceptors (Lipinski definition) is 8. The van der Waals surface area contributed by atoms with Gasteiger partial charge >= 0.3 is 0 Å². The van der Waals surface area contributed by atoms with Crippen molar-refractivity contribution < 1.29 is 8.78 Å². The number of hydrazine groups is 1. The maximum absolute atomic E-state index is 14.0. The minimum absolute atomic E-state index is 0.159. The van der Waals surface area contributed by atoms with Crippen molar-refractivity contribution in [3.05, 3.63) is 39.3 Å². The van der Waals surface area contributed by atoms with Crippen LogP contribution in [0.4, 0.5) is 26.4 Å². The molecule has 1 aliphatic carbocycles. The Morgan fingerprint density at radius 3 is 2.56 bits per heavy atom. The van der Waals surface area contributed by atoms with Gasteiger partial charge in [0, 0.05) is 44.7 Å². The highest BCUT2D eigenvalue weighted by Gasteiger charge is 2.55. The Labute approximate surface area is 184 Å². The van der Waals surface area contributed by atoms with Crippen molar-refractivity contribution >= 4 is 17.6 Å². The smallest absolute Gasteiger partial charge is 0.262 e. The average Bonchev–Trinajstić information content (AvgIpc) is 3.23. The van der Waals surface area contributed by atoms with E-state index in [1.165, 1.54) is 4.57 Å². The maximum Gasteiger partial charge on any atom is 0.262 e. The Morgan fingerprint density at radius 1 is 1.22 bits per heavy atom. The number of aryl methyl sites for hydroxylation is 1. The number of fused-ring (bicyclic) bond motifs is 1. The van der Waals surface area contributed by atoms with Gasteiger partial charge in [0.1, 0.15) is 5.82 Å². The number of piperidine rings is 1. The molecule has 3 aliphatic rings. The fraction of sp³-hybridized carbons (Fsp3) is 0.571. The zero-order valence-electron chi connectivity index (χ0n) is 18.2. The molecule has 1 spiro atoms. The van der Waals surface area contributed by atoms with Crippen LogP contribution in [0.25, 0.3) is 0 Å². The Hall–Kier alpha value is -2.79. The summed E-state index contributed by atoms with van der Waals surface area (Å²) in [6.45, 7) is 2.90. The van der Waals surface area contributed by atoms with Crippen LogP contribution in [0.1, 0.15) is 48.5 Å². The fourth-order valence-electron chi connectivity index (χ4n) is 5.54. The molecular weight excluding hydrogens is 418 g/mol. The highest BCUT2D eigenvalue weighted by Crippen LogP contribution is 2.52. The van der Waals surface area contributed by atoms with Crippen molar-refractivity contribution in [1.82, 2.24) is 20.0 Å². The summed E-state index contributed by atoms with van der Waals surface area (Å²) in [5.74, 6) is -1.29. The molecule has 1 saturated heterocycles. The maximum atomic E-state index is 14.0. The Kier molecular flexibility index (Phi) is 4.68. The number of nitrogen functional groups attached to an aromatic ring is 1. The van der Waals surface area contributed by atoms with Crippen LogP contribution in [0.15, 0.2) is 16.9 Å². The molecule has 0 aromatic carbocycles. The van der Waals surface area contributed by atoms with Gasteiger partial charge in [-0.25, -0.2) is 19.2 Å². The van der Waals surface area contributed by atoms with Crippen LogP contribution in [0.5, 0.6) is 0 Å². The molecule has 2 fully saturated rings. The number of nitrogens with one attached hydrogen (secondary N) is 2. The third-order valence-electron chi connectivity index (χ3n) is 7.34. The van der Waals surface area contributed by atoms with Crippen LogP contribution >= 0.6 is 0 Å². The molecule has 1 unspecified atom stereocenters. The number of hydrogen-bond donors (Lipinski definition) is 4. The lowest BCUT2D eigenvalue weighted by Crippen LogP contribution is -2.48. The predicted molar refractivity (Wildman–Crippen MR) is 118 cm³/mol. The summed E-state index contributed by atoms with van der Waals surface area (Å²) < 4.78 is 29.5. The van der Waals surface area contributed by atoms with E-state index in [1.54, 1.807) is 13.1 Å². The van der Waals surface area contributed by atoms with E-state index < -0.39 is 23.4 Å². The average molecular weight is 447 g/mol. The lowest BCUT2D eigenvalue weighted by Gasteiger charge is -2.42. The summed E-state index contributed by atoms with van der Waals surface area (Å²) in [5.41, 5.74) is 19.4. The molecule has 2 aromatic rings. The molecule has 11 heteroatoms. The minimum atomic E-state index is -2.69. The van der Waals surface area contributed by atoms with Gasteiger partial charge < -0.3 is 21.8 Å². The monoisotopic (exact) mass is 446 g/mol. The molecule has 0 amide bonds. The lowest BCUT2D eigenvalue weighted by molar-refractivity contribution is -0.00686. The molecule has 32 heavy (non-hydrogen) atoms. The molecular formula is C21H28F2N8O. The largest absolute Gasteiger partial charge is 0.384 e. The quantitative estimate of drug-likeness (QED) is 0.546. The molecule has 5 rings (SSSR count). The van der Waals surface area contributed by atoms with Crippen molar-refractivity contribution in [2.45, 2.75) is 50.6 Å². The molecule has 2 aromatic heterocycles. The number of aromatic nitrogens is 3. The Balaban J connectivity index is 1.43. The summed E-state index contributed by atoms with van der Waals surface area (Å²) in [6, 6.07) is 2.65. The van der Waals surface area contributed by atoms with E-state index in [1.807, 2.05) is 17.9 Å². The summed E-state index contributed by atoms with van der Waals surface area (Å²) in [6.07, 6.45) is 0.704. The highest BCUT2D eigenvalue weighted by atomic mass is 19.3. The number of pyridine rings is 1. The van der Waals surface area contributed by atoms with Gasteiger partial charge in [0.25, 0.3) is 5.56 Å². The van der Waals surface area contributed by atoms with Gasteiger partial charge in [0.2, 0.25) is 11.9 Å². The first-order valence-electron chi connectivity index (χ1n) is 10.8. The molecule has 0 radical (unpaired) electrons. The van der Waals surface area contributed by atoms with E-state index in [4.69, 9.17) is 16.5 Å². The number of nitrogens with two attached hydrogens (primary N) is 2. The summed E-state index contributed by atoms with van der Waals surface area (Å²) in [4.78, 5) is 24.3. The molecule has 0 bridgehead atoms. The topological polar surface area (TPSA) is 127 Å². The number of halogens is 2. The van der Waals surface area contributed by atoms with Crippen LogP contribution in [-0.2, 0) is 7.05 Å². The molecule has 1 saturated carbocycles. The number of nitrogens with zero attached hydrogens (tertiary/aromatic N) is 4. The van der Waals surface area contributed by atoms with Crippen molar-refractivity contribution in [2.75, 3.05) is 29.1 Å². The minimum Gasteiger partial charge on any atom is -0.384 e. The van der Waals surface area contributed by atoms with E-state index >= 15 is 0 Å². The van der Waals surface area contributed by atoms with Crippen LogP contribution in [-0.4, -0.2) is 39.6 Å². The van der Waals surface area contributed by atoms with E-state index in [-0.39, 0.29) is 18.4 Å². The van der Waals surface area contributed by atoms with Crippen molar-refractivity contribution in [3.8, 4) is 0 Å². The van der Waals surface area contributed by atoms with Gasteiger partial charge in [-0.15, -0.1) is 0 Å². The molecule has 9 nitrogen and oxygen atoms in total. The first-order chi connectivity index (χ1) is 15.1. The summed E-state index contributed by atoms with van der Waals surface area (Å²) >= 11 is 0. The van der Waals surface area contributed by atoms with Gasteiger partial charge in [0.15, 0.2) is 5.82 Å². The SMILES string of the molecule is Cc1nc(N)ccc1C1NNc2nc(N3CCC4(CC3)CC(F)(F)C[C@H]4N)n(C)c(=O)c21. The van der Waals surface area contributed by atoms with Gasteiger partial charge in [-0.3, -0.25) is 9.36 Å². The molecule has 2 aliphatic heterocycles. The molecule has 172 valence electrons. The lowest BCUT2D eigenvalue weighted by atomic mass is 9.74. The van der Waals surface area contributed by atoms with Crippen LogP contribution in [0.2, 0.25) is 0 Å². The van der Waals surface area contributed by atoms with Crippen LogP contribution < -0.4 is 32.8 Å². The second-order valence-electron chi connectivity index (χ2n) is 9.34. The second kappa shape index (κ2) is 7.11. The Morgan fingerprint density at radius 2 is 1.94 bits per heavy atom. The zero-order valence-corrected chi connectivity index (χ0v) is 18.2. The van der Waals surface area contributed by atoms with Gasteiger partial charge in [-0.05, 0) is 36.8 Å². The fourth-order valence-corrected chi connectivity index (χ4v) is 5.54. The Bertz CT molecular complexity index is 1130. The van der Waals surface area contributed by atoms with Gasteiger partial charge in [0.05, 0.1) is 11.6 Å². The van der Waals surface area contributed by atoms with E-state index in [0.29, 0.717) is 49.1 Å². The number of alkyl halides is 2. The highest BCUT2D eigenvalue weighted by molar-refractivity contribution is 5.57. The van der Waals surface area contributed by atoms with Crippen LogP contribution in [0.3, 0.4) is 0 Å². The first-order valence-corrected chi connectivity index (χ1v) is 10.8. The third-order valence-corrected chi connectivity index (χ3v) is 7.34. The van der Waals surface area contributed by atoms with Crippen molar-refractivity contribution in [2.24, 2.45) is 18.2 Å². The van der Waals surface area contributed by atoms with Crippen molar-refractivity contribution in [1.29, 1.82) is 0 Å². The normalized spacial score (nSPS) is 25.7. The van der Waals surface area contributed by atoms with E-state index in [0.717, 1.165) is 11.3 Å². The van der Waals surface area contributed by atoms with E-state index in [2.05, 4.69) is 15.8 Å². The second-order valence-corrected chi connectivity index (χ2v) is 9.34. The third kappa shape index (κ3) is 3.22. The molecule has 4 heterocycles. The van der Waals surface area contributed by atoms with Gasteiger partial charge in [-0.1, -0.05) is 6.07 Å². The summed E-state index contributed by atoms with van der Waals surface area (Å²) in [5, 5.41) is 0. The zero-order chi connectivity index (χ0) is 22.8. The van der Waals surface area contributed by atoms with Gasteiger partial charge in [-0.2, -0.15) is 4.98 Å². The number of anilines is 3. The van der Waals surface area contributed by atoms with Crippen molar-refractivity contribution in [3.63, 3.8) is 0 Å².